The van der Waals surface area contributed by atoms with Crippen molar-refractivity contribution < 1.29 is 9.84 Å². The van der Waals surface area contributed by atoms with E-state index in [1.165, 1.54) is 0 Å². The number of nitrogens with zero attached hydrogens (tertiary/aromatic N) is 8. The smallest absolute Gasteiger partial charge is 0.163 e. The first-order chi connectivity index (χ1) is 16.9. The normalized spacial score (nSPS) is 18.4. The number of aryl methyl sites for hydroxylation is 3. The summed E-state index contributed by atoms with van der Waals surface area (Å²) >= 11 is 0. The van der Waals surface area contributed by atoms with E-state index in [2.05, 4.69) is 20.6 Å². The van der Waals surface area contributed by atoms with Crippen LogP contribution in [0.1, 0.15) is 25.7 Å². The lowest BCUT2D eigenvalue weighted by Crippen LogP contribution is -2.28. The van der Waals surface area contributed by atoms with Crippen LogP contribution >= 0.6 is 0 Å². The molecule has 5 heterocycles. The van der Waals surface area contributed by atoms with Crippen molar-refractivity contribution in [3.63, 3.8) is 0 Å². The highest BCUT2D eigenvalue weighted by atomic mass is 16.5. The van der Waals surface area contributed by atoms with E-state index in [0.29, 0.717) is 23.6 Å². The molecule has 1 saturated carbocycles. The van der Waals surface area contributed by atoms with Gasteiger partial charge in [0.15, 0.2) is 11.3 Å². The van der Waals surface area contributed by atoms with Crippen molar-refractivity contribution in [2.24, 2.45) is 21.1 Å². The van der Waals surface area contributed by atoms with Crippen LogP contribution in [0.15, 0.2) is 36.7 Å². The fourth-order valence-corrected chi connectivity index (χ4v) is 4.66. The number of aromatic nitrogens is 8. The topological polar surface area (TPSA) is 121 Å². The summed E-state index contributed by atoms with van der Waals surface area (Å²) in [5, 5.41) is 28.6. The molecule has 180 valence electrons. The predicted octanol–water partition coefficient (Wildman–Crippen LogP) is 3.08. The molecule has 0 saturated heterocycles. The third-order valence-corrected chi connectivity index (χ3v) is 6.54. The van der Waals surface area contributed by atoms with Gasteiger partial charge in [-0.25, -0.2) is 9.97 Å². The molecular weight excluding hydrogens is 446 g/mol. The number of ether oxygens (including phenoxy) is 1. The molecule has 0 bridgehead atoms. The summed E-state index contributed by atoms with van der Waals surface area (Å²) in [7, 11) is 5.60. The van der Waals surface area contributed by atoms with E-state index in [1.54, 1.807) is 26.4 Å². The molecule has 0 amide bonds. The van der Waals surface area contributed by atoms with Crippen LogP contribution in [-0.4, -0.2) is 56.6 Å². The summed E-state index contributed by atoms with van der Waals surface area (Å²) in [5.74, 6) is 2.09. The van der Waals surface area contributed by atoms with E-state index in [9.17, 15) is 5.11 Å². The highest BCUT2D eigenvalue weighted by Gasteiger charge is 2.23. The first kappa shape index (κ1) is 21.5. The minimum absolute atomic E-state index is 0.0336. The average molecular weight is 474 g/mol. The van der Waals surface area contributed by atoms with Crippen LogP contribution in [0.5, 0.6) is 5.75 Å². The van der Waals surface area contributed by atoms with Gasteiger partial charge in [-0.1, -0.05) is 0 Å². The highest BCUT2D eigenvalue weighted by Crippen LogP contribution is 2.32. The Morgan fingerprint density at radius 2 is 1.77 bits per heavy atom. The van der Waals surface area contributed by atoms with Crippen LogP contribution in [0.2, 0.25) is 0 Å². The molecule has 11 heteroatoms. The summed E-state index contributed by atoms with van der Waals surface area (Å²) in [6.07, 6.45) is 6.55. The van der Waals surface area contributed by atoms with Gasteiger partial charge in [0.1, 0.15) is 29.2 Å². The van der Waals surface area contributed by atoms with E-state index >= 15 is 0 Å². The molecule has 6 rings (SSSR count). The van der Waals surface area contributed by atoms with E-state index in [-0.39, 0.29) is 12.2 Å². The molecule has 2 atom stereocenters. The van der Waals surface area contributed by atoms with Gasteiger partial charge in [0, 0.05) is 45.1 Å². The summed E-state index contributed by atoms with van der Waals surface area (Å²) in [6.45, 7) is 0. The van der Waals surface area contributed by atoms with Gasteiger partial charge in [-0.05, 0) is 31.4 Å². The number of anilines is 2. The second-order valence-corrected chi connectivity index (χ2v) is 9.11. The molecule has 1 aliphatic rings. The maximum absolute atomic E-state index is 10.1. The lowest BCUT2D eigenvalue weighted by molar-refractivity contribution is 0.0544. The molecule has 2 unspecified atom stereocenters. The Hall–Kier alpha value is -3.99. The number of rotatable bonds is 5. The zero-order valence-electron chi connectivity index (χ0n) is 19.9. The molecule has 1 aliphatic carbocycles. The Bertz CT molecular complexity index is 1530. The lowest BCUT2D eigenvalue weighted by Gasteiger charge is -2.27. The highest BCUT2D eigenvalue weighted by molar-refractivity contribution is 5.85. The Morgan fingerprint density at radius 3 is 2.63 bits per heavy atom. The first-order valence-corrected chi connectivity index (χ1v) is 11.7. The van der Waals surface area contributed by atoms with Crippen LogP contribution in [0.3, 0.4) is 0 Å². The zero-order valence-corrected chi connectivity index (χ0v) is 19.9. The van der Waals surface area contributed by atoms with Gasteiger partial charge in [-0.2, -0.15) is 15.3 Å². The summed E-state index contributed by atoms with van der Waals surface area (Å²) in [4.78, 5) is 9.49. The summed E-state index contributed by atoms with van der Waals surface area (Å²) in [5.41, 5.74) is 3.03. The molecule has 5 aromatic heterocycles. The van der Waals surface area contributed by atoms with Gasteiger partial charge in [0.2, 0.25) is 0 Å². The molecule has 2 N–H and O–H groups in total. The van der Waals surface area contributed by atoms with Crippen LogP contribution in [-0.2, 0) is 21.1 Å². The molecule has 1 fully saturated rings. The minimum atomic E-state index is -0.315. The van der Waals surface area contributed by atoms with Crippen molar-refractivity contribution in [2.45, 2.75) is 37.9 Å². The number of hydrogen-bond donors (Lipinski definition) is 2. The molecule has 35 heavy (non-hydrogen) atoms. The Kier molecular flexibility index (Phi) is 5.14. The van der Waals surface area contributed by atoms with Crippen molar-refractivity contribution in [3.05, 3.63) is 36.7 Å². The standard InChI is InChI=1S/C24H27N9O2/c1-31-22(10-19(30-31)18-8-7-14-12-25-32(2)23(14)27-18)28-21-11-20(17-13-26-33(3)24(17)29-21)35-16-6-4-5-15(34)9-16/h7-8,10-13,15-16,34H,4-6,9H2,1-3H3,(H,28,29). The van der Waals surface area contributed by atoms with Crippen LogP contribution in [0.25, 0.3) is 33.5 Å². The van der Waals surface area contributed by atoms with Crippen LogP contribution in [0, 0.1) is 0 Å². The van der Waals surface area contributed by atoms with Crippen molar-refractivity contribution in [1.82, 2.24) is 39.3 Å². The monoisotopic (exact) mass is 473 g/mol. The molecule has 11 nitrogen and oxygen atoms in total. The summed E-state index contributed by atoms with van der Waals surface area (Å²) in [6, 6.07) is 7.77. The molecule has 0 spiro atoms. The maximum Gasteiger partial charge on any atom is 0.163 e. The fraction of sp³-hybridized carbons (Fsp3) is 0.375. The number of aliphatic hydroxyl groups excluding tert-OH is 1. The average Bonchev–Trinajstić information content (AvgIpc) is 3.51. The third kappa shape index (κ3) is 3.97. The second-order valence-electron chi connectivity index (χ2n) is 9.11. The number of pyridine rings is 2. The molecule has 0 aromatic carbocycles. The van der Waals surface area contributed by atoms with Crippen molar-refractivity contribution in [3.8, 4) is 17.1 Å². The van der Waals surface area contributed by atoms with E-state index in [4.69, 9.17) is 14.7 Å². The minimum Gasteiger partial charge on any atom is -0.489 e. The maximum atomic E-state index is 10.1. The largest absolute Gasteiger partial charge is 0.489 e. The molecular formula is C24H27N9O2. The van der Waals surface area contributed by atoms with E-state index < -0.39 is 0 Å². The lowest BCUT2D eigenvalue weighted by atomic mass is 9.95. The zero-order chi connectivity index (χ0) is 24.1. The molecule has 0 radical (unpaired) electrons. The third-order valence-electron chi connectivity index (χ3n) is 6.54. The van der Waals surface area contributed by atoms with Gasteiger partial charge < -0.3 is 15.2 Å². The van der Waals surface area contributed by atoms with Gasteiger partial charge in [-0.3, -0.25) is 14.0 Å². The molecule has 5 aromatic rings. The van der Waals surface area contributed by atoms with Crippen molar-refractivity contribution >= 4 is 33.7 Å². The van der Waals surface area contributed by atoms with Gasteiger partial charge in [-0.15, -0.1) is 0 Å². The van der Waals surface area contributed by atoms with Gasteiger partial charge in [0.05, 0.1) is 29.6 Å². The van der Waals surface area contributed by atoms with Gasteiger partial charge >= 0.3 is 0 Å². The SMILES string of the molecule is Cn1nc(-c2ccc3cnn(C)c3n2)cc1Nc1cc(OC2CCCC(O)C2)c2cnn(C)c2n1. The van der Waals surface area contributed by atoms with E-state index in [0.717, 1.165) is 52.9 Å². The van der Waals surface area contributed by atoms with Crippen LogP contribution in [0.4, 0.5) is 11.6 Å². The predicted molar refractivity (Wildman–Crippen MR) is 131 cm³/mol. The Labute approximate surface area is 201 Å². The number of nitrogens with one attached hydrogen (secondary N) is 1. The molecule has 0 aliphatic heterocycles. The van der Waals surface area contributed by atoms with Crippen molar-refractivity contribution in [1.29, 1.82) is 0 Å². The Balaban J connectivity index is 1.32. The van der Waals surface area contributed by atoms with Gasteiger partial charge in [0.25, 0.3) is 0 Å². The number of fused-ring (bicyclic) bond motifs is 2. The quantitative estimate of drug-likeness (QED) is 0.400. The van der Waals surface area contributed by atoms with Crippen molar-refractivity contribution in [2.75, 3.05) is 5.32 Å². The van der Waals surface area contributed by atoms with E-state index in [1.807, 2.05) is 45.4 Å². The summed E-state index contributed by atoms with van der Waals surface area (Å²) < 4.78 is 11.6. The number of hydrogen-bond acceptors (Lipinski definition) is 8. The Morgan fingerprint density at radius 1 is 0.943 bits per heavy atom. The fourth-order valence-electron chi connectivity index (χ4n) is 4.66. The van der Waals surface area contributed by atoms with Crippen LogP contribution < -0.4 is 10.1 Å². The number of aliphatic hydroxyl groups is 1. The second kappa shape index (κ2) is 8.35. The first-order valence-electron chi connectivity index (χ1n) is 11.7.